The van der Waals surface area contributed by atoms with Crippen LogP contribution >= 0.6 is 15.9 Å². The number of hydrogen-bond acceptors (Lipinski definition) is 4. The van der Waals surface area contributed by atoms with Crippen LogP contribution in [0.2, 0.25) is 0 Å². The van der Waals surface area contributed by atoms with Crippen LogP contribution in [-0.4, -0.2) is 26.7 Å². The molecule has 2 aliphatic heterocycles. The molecule has 1 saturated heterocycles. The number of sulfone groups is 1. The molecule has 2 aliphatic rings. The molecule has 4 rings (SSSR count). The standard InChI is InChI=1S/C18H18BBrO4S/c1-17(2)18(3,4)24-19(23-17)11-5-7-13-14-10-12(20)6-8-15(14)25(21,22)16(13)9-11/h5-10H,1-4H3. The number of fused-ring (bicyclic) bond motifs is 3. The highest BCUT2D eigenvalue weighted by molar-refractivity contribution is 9.10. The molecule has 2 heterocycles. The topological polar surface area (TPSA) is 52.6 Å². The van der Waals surface area contributed by atoms with Crippen molar-refractivity contribution in [3.63, 3.8) is 0 Å². The van der Waals surface area contributed by atoms with E-state index in [1.54, 1.807) is 18.2 Å². The molecule has 1 fully saturated rings. The van der Waals surface area contributed by atoms with E-state index in [0.717, 1.165) is 15.6 Å². The SMILES string of the molecule is CC1(C)OB(c2ccc3c(c2)S(=O)(=O)c2ccc(Br)cc2-3)OC1(C)C. The highest BCUT2D eigenvalue weighted by atomic mass is 79.9. The molecule has 4 nitrogen and oxygen atoms in total. The van der Waals surface area contributed by atoms with E-state index in [1.807, 2.05) is 45.9 Å². The van der Waals surface area contributed by atoms with Crippen LogP contribution in [0.1, 0.15) is 27.7 Å². The van der Waals surface area contributed by atoms with Crippen LogP contribution in [0, 0.1) is 0 Å². The molecule has 0 N–H and O–H groups in total. The summed E-state index contributed by atoms with van der Waals surface area (Å²) in [6.45, 7) is 7.91. The highest BCUT2D eigenvalue weighted by Gasteiger charge is 2.52. The Morgan fingerprint density at radius 2 is 1.52 bits per heavy atom. The molecule has 2 aromatic carbocycles. The van der Waals surface area contributed by atoms with E-state index in [0.29, 0.717) is 15.3 Å². The minimum absolute atomic E-state index is 0.313. The van der Waals surface area contributed by atoms with Crippen molar-refractivity contribution in [2.75, 3.05) is 0 Å². The molecule has 0 bridgehead atoms. The first kappa shape index (κ1) is 17.3. The van der Waals surface area contributed by atoms with Gasteiger partial charge in [0, 0.05) is 15.6 Å². The molecule has 25 heavy (non-hydrogen) atoms. The summed E-state index contributed by atoms with van der Waals surface area (Å²) < 4.78 is 38.8. The quantitative estimate of drug-likeness (QED) is 0.564. The minimum Gasteiger partial charge on any atom is -0.399 e. The summed E-state index contributed by atoms with van der Waals surface area (Å²) in [6.07, 6.45) is 0. The summed E-state index contributed by atoms with van der Waals surface area (Å²) in [5, 5.41) is 0. The summed E-state index contributed by atoms with van der Waals surface area (Å²) >= 11 is 3.41. The highest BCUT2D eigenvalue weighted by Crippen LogP contribution is 2.44. The molecule has 0 saturated carbocycles. The minimum atomic E-state index is -3.52. The maximum absolute atomic E-state index is 12.9. The first-order chi connectivity index (χ1) is 11.5. The van der Waals surface area contributed by atoms with E-state index < -0.39 is 28.2 Å². The van der Waals surface area contributed by atoms with E-state index in [1.165, 1.54) is 0 Å². The third kappa shape index (κ3) is 2.44. The molecule has 0 aromatic heterocycles. The van der Waals surface area contributed by atoms with Crippen LogP contribution in [0.4, 0.5) is 0 Å². The van der Waals surface area contributed by atoms with Crippen LogP contribution in [0.25, 0.3) is 11.1 Å². The summed E-state index contributed by atoms with van der Waals surface area (Å²) in [7, 11) is -4.11. The first-order valence-corrected chi connectivity index (χ1v) is 10.4. The van der Waals surface area contributed by atoms with Crippen molar-refractivity contribution in [3.05, 3.63) is 40.9 Å². The summed E-state index contributed by atoms with van der Waals surface area (Å²) in [4.78, 5) is 0.657. The Labute approximate surface area is 156 Å². The van der Waals surface area contributed by atoms with Gasteiger partial charge in [-0.2, -0.15) is 0 Å². The predicted octanol–water partition coefficient (Wildman–Crippen LogP) is 3.56. The van der Waals surface area contributed by atoms with E-state index in [2.05, 4.69) is 15.9 Å². The lowest BCUT2D eigenvalue weighted by atomic mass is 9.78. The van der Waals surface area contributed by atoms with Gasteiger partial charge in [-0.05, 0) is 57.4 Å². The zero-order valence-corrected chi connectivity index (χ0v) is 16.9. The second-order valence-electron chi connectivity index (χ2n) is 7.49. The Kier molecular flexibility index (Phi) is 3.59. The van der Waals surface area contributed by atoms with Crippen molar-refractivity contribution < 1.29 is 17.7 Å². The van der Waals surface area contributed by atoms with Crippen molar-refractivity contribution in [1.29, 1.82) is 0 Å². The van der Waals surface area contributed by atoms with Crippen LogP contribution in [0.3, 0.4) is 0 Å². The third-order valence-corrected chi connectivity index (χ3v) is 7.69. The van der Waals surface area contributed by atoms with Gasteiger partial charge < -0.3 is 9.31 Å². The molecule has 0 atom stereocenters. The first-order valence-electron chi connectivity index (χ1n) is 8.07. The number of hydrogen-bond donors (Lipinski definition) is 0. The van der Waals surface area contributed by atoms with E-state index in [-0.39, 0.29) is 0 Å². The smallest absolute Gasteiger partial charge is 0.399 e. The largest absolute Gasteiger partial charge is 0.494 e. The van der Waals surface area contributed by atoms with Crippen molar-refractivity contribution in [1.82, 2.24) is 0 Å². The maximum Gasteiger partial charge on any atom is 0.494 e. The van der Waals surface area contributed by atoms with Gasteiger partial charge in [-0.25, -0.2) is 8.42 Å². The van der Waals surface area contributed by atoms with Crippen molar-refractivity contribution in [3.8, 4) is 11.1 Å². The van der Waals surface area contributed by atoms with Crippen molar-refractivity contribution in [2.24, 2.45) is 0 Å². The van der Waals surface area contributed by atoms with Gasteiger partial charge >= 0.3 is 7.12 Å². The Balaban J connectivity index is 1.82. The molecule has 0 unspecified atom stereocenters. The summed E-state index contributed by atoms with van der Waals surface area (Å²) in [5.41, 5.74) is 1.22. The Morgan fingerprint density at radius 1 is 0.880 bits per heavy atom. The number of halogens is 1. The van der Waals surface area contributed by atoms with E-state index >= 15 is 0 Å². The van der Waals surface area contributed by atoms with Crippen LogP contribution < -0.4 is 5.46 Å². The molecule has 7 heteroatoms. The third-order valence-electron chi connectivity index (χ3n) is 5.34. The van der Waals surface area contributed by atoms with Crippen LogP contribution in [-0.2, 0) is 19.1 Å². The monoisotopic (exact) mass is 420 g/mol. The summed E-state index contributed by atoms with van der Waals surface area (Å²) in [5.74, 6) is 0. The lowest BCUT2D eigenvalue weighted by Crippen LogP contribution is -2.41. The molecule has 0 amide bonds. The molecule has 0 radical (unpaired) electrons. The van der Waals surface area contributed by atoms with Crippen LogP contribution in [0.15, 0.2) is 50.7 Å². The normalized spacial score (nSPS) is 21.9. The van der Waals surface area contributed by atoms with Gasteiger partial charge in [0.25, 0.3) is 0 Å². The molecule has 0 spiro atoms. The Bertz CT molecular complexity index is 982. The van der Waals surface area contributed by atoms with Gasteiger partial charge in [0.15, 0.2) is 0 Å². The summed E-state index contributed by atoms with van der Waals surface area (Å²) in [6, 6.07) is 10.6. The molecule has 2 aromatic rings. The lowest BCUT2D eigenvalue weighted by molar-refractivity contribution is 0.00578. The van der Waals surface area contributed by atoms with Gasteiger partial charge in [0.05, 0.1) is 21.0 Å². The Hall–Kier alpha value is -1.15. The van der Waals surface area contributed by atoms with Crippen LogP contribution in [0.5, 0.6) is 0 Å². The number of rotatable bonds is 1. The van der Waals surface area contributed by atoms with Gasteiger partial charge in [0.2, 0.25) is 9.84 Å². The molecular formula is C18H18BBrO4S. The Morgan fingerprint density at radius 3 is 2.16 bits per heavy atom. The second kappa shape index (κ2) is 5.19. The van der Waals surface area contributed by atoms with Crippen molar-refractivity contribution in [2.45, 2.75) is 48.7 Å². The maximum atomic E-state index is 12.9. The van der Waals surface area contributed by atoms with Gasteiger partial charge in [0.1, 0.15) is 0 Å². The van der Waals surface area contributed by atoms with Gasteiger partial charge in [-0.3, -0.25) is 0 Å². The van der Waals surface area contributed by atoms with Gasteiger partial charge in [-0.15, -0.1) is 0 Å². The molecule has 0 aliphatic carbocycles. The van der Waals surface area contributed by atoms with E-state index in [4.69, 9.17) is 9.31 Å². The number of benzene rings is 2. The molecule has 130 valence electrons. The lowest BCUT2D eigenvalue weighted by Gasteiger charge is -2.32. The zero-order chi connectivity index (χ0) is 18.2. The predicted molar refractivity (Wildman–Crippen MR) is 101 cm³/mol. The fraction of sp³-hybridized carbons (Fsp3) is 0.333. The molecular weight excluding hydrogens is 403 g/mol. The average molecular weight is 421 g/mol. The second-order valence-corrected chi connectivity index (χ2v) is 10.3. The fourth-order valence-electron chi connectivity index (χ4n) is 3.18. The zero-order valence-electron chi connectivity index (χ0n) is 14.5. The average Bonchev–Trinajstić information content (AvgIpc) is 2.87. The van der Waals surface area contributed by atoms with Gasteiger partial charge in [-0.1, -0.05) is 28.1 Å². The van der Waals surface area contributed by atoms with Crippen molar-refractivity contribution >= 4 is 38.3 Å². The van der Waals surface area contributed by atoms with E-state index in [9.17, 15) is 8.42 Å². The fourth-order valence-corrected chi connectivity index (χ4v) is 5.24.